The van der Waals surface area contributed by atoms with E-state index in [2.05, 4.69) is 37.2 Å². The van der Waals surface area contributed by atoms with Gasteiger partial charge in [0.05, 0.1) is 24.8 Å². The predicted octanol–water partition coefficient (Wildman–Crippen LogP) is -1.64. The van der Waals surface area contributed by atoms with Gasteiger partial charge in [-0.05, 0) is 67.9 Å². The van der Waals surface area contributed by atoms with Crippen molar-refractivity contribution in [1.82, 2.24) is 37.2 Å². The van der Waals surface area contributed by atoms with E-state index in [1.807, 2.05) is 13.2 Å². The molecule has 0 unspecified atom stereocenters. The highest BCUT2D eigenvalue weighted by Crippen LogP contribution is 2.17. The fraction of sp³-hybridized carbons (Fsp3) is 0.524. The first-order valence-corrected chi connectivity index (χ1v) is 22.9. The highest BCUT2D eigenvalue weighted by molar-refractivity contribution is 8.13. The Labute approximate surface area is 375 Å². The van der Waals surface area contributed by atoms with E-state index in [1.54, 1.807) is 49.4 Å². The van der Waals surface area contributed by atoms with Crippen LogP contribution in [0.15, 0.2) is 54.6 Å². The van der Waals surface area contributed by atoms with Crippen LogP contribution in [0.4, 0.5) is 0 Å². The lowest BCUT2D eigenvalue weighted by Crippen LogP contribution is -2.62. The molecule has 7 amide bonds. The lowest BCUT2D eigenvalue weighted by Gasteiger charge is -2.30. The van der Waals surface area contributed by atoms with Crippen LogP contribution < -0.4 is 43.0 Å². The van der Waals surface area contributed by atoms with Gasteiger partial charge < -0.3 is 58.3 Å². The molecule has 19 nitrogen and oxygen atoms in total. The number of phenolic OH excluding ortho intramolecular Hbond substituents is 1. The van der Waals surface area contributed by atoms with Gasteiger partial charge in [0.1, 0.15) is 42.0 Å². The summed E-state index contributed by atoms with van der Waals surface area (Å²) in [6, 6.07) is 3.91. The van der Waals surface area contributed by atoms with Crippen molar-refractivity contribution in [2.24, 2.45) is 11.7 Å². The molecule has 1 heterocycles. The Balaban J connectivity index is 1.89. The summed E-state index contributed by atoms with van der Waals surface area (Å²) in [5.41, 5.74) is 7.31. The minimum atomic E-state index is -1.77. The number of rotatable bonds is 17. The van der Waals surface area contributed by atoms with E-state index in [-0.39, 0.29) is 30.9 Å². The quantitative estimate of drug-likeness (QED) is 0.0850. The summed E-state index contributed by atoms with van der Waals surface area (Å²) in [6.45, 7) is 5.19. The van der Waals surface area contributed by atoms with Crippen LogP contribution in [0, 0.1) is 5.92 Å². The zero-order valence-electron chi connectivity index (χ0n) is 35.9. The minimum absolute atomic E-state index is 0.00756. The van der Waals surface area contributed by atoms with Crippen LogP contribution in [-0.2, 0) is 51.2 Å². The standard InChI is InChI=1S/C42H60N8O11S2/c1-6-22(2)33-40(59)45-29(16-17-62-5)42(61)63-21-32(39(58)44-23(3)35(54)46-30(37(56)49-33)19-25-10-8-7-9-11-25)48-41(60)34(24(4)52)50-38(57)31(20-51)47-36(55)28(43)18-26-12-14-27(53)15-13-26/h7-15,22-24,28-34,51-53H,6,16-21,43H2,1-5H3,(H,44,58)(H,45,59)(H,46,54)(H,47,55)(H,48,60)(H,49,56)(H,50,57)/t22-,23-,24+,28-,29+,30-,31-,32-,33-,34-/m0/s1. The number of carbonyl (C=O) groups is 8. The van der Waals surface area contributed by atoms with Gasteiger partial charge in [-0.3, -0.25) is 38.4 Å². The number of carbonyl (C=O) groups excluding carboxylic acids is 8. The second-order valence-electron chi connectivity index (χ2n) is 15.3. The molecule has 0 aliphatic carbocycles. The van der Waals surface area contributed by atoms with Crippen LogP contribution in [0.3, 0.4) is 0 Å². The van der Waals surface area contributed by atoms with Gasteiger partial charge in [-0.1, -0.05) is 74.5 Å². The Hall–Kier alpha value is -5.22. The van der Waals surface area contributed by atoms with Crippen LogP contribution in [-0.4, -0.2) is 141 Å². The molecule has 3 rings (SSSR count). The van der Waals surface area contributed by atoms with Gasteiger partial charge in [0.25, 0.3) is 0 Å². The number of nitrogens with one attached hydrogen (secondary N) is 7. The topological polar surface area (TPSA) is 307 Å². The van der Waals surface area contributed by atoms with Crippen molar-refractivity contribution in [3.8, 4) is 5.75 Å². The van der Waals surface area contributed by atoms with E-state index in [0.29, 0.717) is 35.1 Å². The molecule has 10 atom stereocenters. The highest BCUT2D eigenvalue weighted by atomic mass is 32.2. The third kappa shape index (κ3) is 16.4. The van der Waals surface area contributed by atoms with Crippen LogP contribution in [0.5, 0.6) is 5.75 Å². The third-order valence-corrected chi connectivity index (χ3v) is 12.0. The van der Waals surface area contributed by atoms with Gasteiger partial charge in [-0.25, -0.2) is 0 Å². The molecule has 63 heavy (non-hydrogen) atoms. The van der Waals surface area contributed by atoms with E-state index in [1.165, 1.54) is 37.7 Å². The van der Waals surface area contributed by atoms with Crippen molar-refractivity contribution >= 4 is 70.0 Å². The summed E-state index contributed by atoms with van der Waals surface area (Å²) < 4.78 is 0. The van der Waals surface area contributed by atoms with Gasteiger partial charge in [-0.15, -0.1) is 0 Å². The number of hydrogen-bond acceptors (Lipinski definition) is 14. The van der Waals surface area contributed by atoms with Crippen molar-refractivity contribution < 1.29 is 53.7 Å². The molecular weight excluding hydrogens is 857 g/mol. The van der Waals surface area contributed by atoms with Crippen LogP contribution in [0.2, 0.25) is 0 Å². The molecule has 21 heteroatoms. The van der Waals surface area contributed by atoms with Crippen molar-refractivity contribution in [3.05, 3.63) is 65.7 Å². The van der Waals surface area contributed by atoms with Crippen LogP contribution in [0.1, 0.15) is 51.7 Å². The third-order valence-electron chi connectivity index (χ3n) is 10.3. The Morgan fingerprint density at radius 3 is 2.10 bits per heavy atom. The summed E-state index contributed by atoms with van der Waals surface area (Å²) >= 11 is 2.04. The largest absolute Gasteiger partial charge is 0.508 e. The average molecular weight is 917 g/mol. The molecule has 0 saturated carbocycles. The number of aliphatic hydroxyl groups is 2. The summed E-state index contributed by atoms with van der Waals surface area (Å²) in [4.78, 5) is 109. The van der Waals surface area contributed by atoms with Gasteiger partial charge >= 0.3 is 0 Å². The highest BCUT2D eigenvalue weighted by Gasteiger charge is 2.37. The van der Waals surface area contributed by atoms with Crippen LogP contribution in [0.25, 0.3) is 0 Å². The fourth-order valence-electron chi connectivity index (χ4n) is 6.26. The number of aromatic hydroxyl groups is 1. The zero-order chi connectivity index (χ0) is 46.8. The van der Waals surface area contributed by atoms with Crippen LogP contribution >= 0.6 is 23.5 Å². The van der Waals surface area contributed by atoms with E-state index in [4.69, 9.17) is 5.73 Å². The number of benzene rings is 2. The summed E-state index contributed by atoms with van der Waals surface area (Å²) in [6.07, 6.45) is 0.924. The molecule has 0 radical (unpaired) electrons. The maximum absolute atomic E-state index is 13.9. The second-order valence-corrected chi connectivity index (χ2v) is 17.3. The molecule has 1 aliphatic rings. The number of aliphatic hydroxyl groups excluding tert-OH is 2. The van der Waals surface area contributed by atoms with E-state index < -0.39 is 113 Å². The lowest BCUT2D eigenvalue weighted by atomic mass is 9.96. The first-order chi connectivity index (χ1) is 29.9. The molecule has 346 valence electrons. The monoisotopic (exact) mass is 916 g/mol. The van der Waals surface area contributed by atoms with Crippen molar-refractivity contribution in [3.63, 3.8) is 0 Å². The van der Waals surface area contributed by atoms with Gasteiger partial charge in [0.2, 0.25) is 46.5 Å². The van der Waals surface area contributed by atoms with E-state index in [0.717, 1.165) is 0 Å². The van der Waals surface area contributed by atoms with Crippen molar-refractivity contribution in [2.45, 2.75) is 108 Å². The summed E-state index contributed by atoms with van der Waals surface area (Å²) in [5.74, 6) is -6.38. The Bertz CT molecular complexity index is 1890. The van der Waals surface area contributed by atoms with Crippen molar-refractivity contribution in [2.75, 3.05) is 24.4 Å². The zero-order valence-corrected chi connectivity index (χ0v) is 37.6. The maximum Gasteiger partial charge on any atom is 0.245 e. The van der Waals surface area contributed by atoms with E-state index >= 15 is 0 Å². The number of phenols is 1. The number of amides is 7. The molecule has 1 saturated heterocycles. The molecule has 0 spiro atoms. The number of nitrogens with two attached hydrogens (primary N) is 1. The predicted molar refractivity (Wildman–Crippen MR) is 238 cm³/mol. The first-order valence-electron chi connectivity index (χ1n) is 20.5. The van der Waals surface area contributed by atoms with Gasteiger partial charge in [0.15, 0.2) is 0 Å². The minimum Gasteiger partial charge on any atom is -0.508 e. The Morgan fingerprint density at radius 1 is 0.841 bits per heavy atom. The summed E-state index contributed by atoms with van der Waals surface area (Å²) in [5, 5.41) is 47.3. The molecule has 1 fully saturated rings. The molecule has 2 aromatic rings. The molecule has 0 aromatic heterocycles. The fourth-order valence-corrected chi connectivity index (χ4v) is 7.67. The normalized spacial score (nSPS) is 22.7. The summed E-state index contributed by atoms with van der Waals surface area (Å²) in [7, 11) is 0. The second kappa shape index (κ2) is 25.8. The molecule has 1 aliphatic heterocycles. The lowest BCUT2D eigenvalue weighted by molar-refractivity contribution is -0.136. The van der Waals surface area contributed by atoms with Gasteiger partial charge in [-0.2, -0.15) is 11.8 Å². The van der Waals surface area contributed by atoms with E-state index in [9.17, 15) is 53.7 Å². The van der Waals surface area contributed by atoms with Gasteiger partial charge in [0, 0.05) is 12.2 Å². The molecule has 12 N–H and O–H groups in total. The smallest absolute Gasteiger partial charge is 0.245 e. The van der Waals surface area contributed by atoms with Crippen molar-refractivity contribution in [1.29, 1.82) is 0 Å². The maximum atomic E-state index is 13.9. The number of hydrogen-bond donors (Lipinski definition) is 11. The first kappa shape index (κ1) is 52.1. The number of thioether (sulfide) groups is 2. The molecular formula is C42H60N8O11S2. The molecule has 0 bridgehead atoms. The molecule has 2 aromatic carbocycles. The average Bonchev–Trinajstić information content (AvgIpc) is 3.25. The Kier molecular flexibility index (Phi) is 21.3. The Morgan fingerprint density at radius 2 is 1.49 bits per heavy atom. The SMILES string of the molecule is CC[C@H](C)[C@@H]1NC(=O)[C@H](Cc2ccccc2)NC(=O)[C@H](C)NC(=O)[C@@H](NC(=O)[C@@H](NC(=O)[C@H](CO)NC(=O)[C@@H](N)Cc2ccc(O)cc2)[C@@H](C)O)CSC(=O)[C@@H](CCSC)NC1=O.